The number of aromatic nitrogens is 2. The number of rotatable bonds is 3. The first kappa shape index (κ1) is 11.3. The molecule has 2 aromatic rings. The molecule has 0 aliphatic carbocycles. The molecule has 86 valence electrons. The molecule has 0 radical (unpaired) electrons. The van der Waals surface area contributed by atoms with Gasteiger partial charge in [0.05, 0.1) is 5.02 Å². The third-order valence-corrected chi connectivity index (χ3v) is 2.17. The summed E-state index contributed by atoms with van der Waals surface area (Å²) >= 11 is 5.69. The van der Waals surface area contributed by atoms with E-state index in [9.17, 15) is 10.1 Å². The highest BCUT2D eigenvalue weighted by molar-refractivity contribution is 6.30. The summed E-state index contributed by atoms with van der Waals surface area (Å²) in [7, 11) is 0. The molecule has 0 bridgehead atoms. The van der Waals surface area contributed by atoms with Gasteiger partial charge in [-0.25, -0.2) is 4.98 Å². The van der Waals surface area contributed by atoms with Crippen molar-refractivity contribution in [3.05, 3.63) is 51.8 Å². The molecular formula is C10H7ClN4O2. The molecule has 0 saturated carbocycles. The van der Waals surface area contributed by atoms with Crippen molar-refractivity contribution in [1.29, 1.82) is 0 Å². The summed E-state index contributed by atoms with van der Waals surface area (Å²) in [6.07, 6.45) is 2.81. The molecule has 0 aromatic carbocycles. The number of anilines is 2. The number of nitro groups is 1. The van der Waals surface area contributed by atoms with E-state index in [-0.39, 0.29) is 11.5 Å². The topological polar surface area (TPSA) is 81.0 Å². The molecule has 0 saturated heterocycles. The highest BCUT2D eigenvalue weighted by atomic mass is 35.5. The van der Waals surface area contributed by atoms with Gasteiger partial charge >= 0.3 is 5.82 Å². The van der Waals surface area contributed by atoms with Crippen LogP contribution in [0.15, 0.2) is 36.7 Å². The molecule has 7 heteroatoms. The van der Waals surface area contributed by atoms with Gasteiger partial charge in [-0.05, 0) is 34.2 Å². The summed E-state index contributed by atoms with van der Waals surface area (Å²) in [5, 5.41) is 14.0. The molecule has 2 heterocycles. The Bertz CT molecular complexity index is 544. The Labute approximate surface area is 101 Å². The van der Waals surface area contributed by atoms with Crippen molar-refractivity contribution in [1.82, 2.24) is 9.97 Å². The van der Waals surface area contributed by atoms with Crippen molar-refractivity contribution < 1.29 is 4.92 Å². The molecule has 0 spiro atoms. The van der Waals surface area contributed by atoms with Crippen LogP contribution in [-0.2, 0) is 0 Å². The fourth-order valence-electron chi connectivity index (χ4n) is 1.23. The Morgan fingerprint density at radius 1 is 1.29 bits per heavy atom. The van der Waals surface area contributed by atoms with Gasteiger partial charge in [0.1, 0.15) is 17.7 Å². The number of nitrogens with one attached hydrogen (secondary N) is 1. The van der Waals surface area contributed by atoms with E-state index in [4.69, 9.17) is 11.6 Å². The third kappa shape index (κ3) is 2.67. The summed E-state index contributed by atoms with van der Waals surface area (Å²) in [4.78, 5) is 17.8. The van der Waals surface area contributed by atoms with Gasteiger partial charge < -0.3 is 15.4 Å². The Morgan fingerprint density at radius 3 is 2.76 bits per heavy atom. The average Bonchev–Trinajstić information content (AvgIpc) is 2.32. The highest BCUT2D eigenvalue weighted by Gasteiger charge is 2.14. The number of halogens is 1. The van der Waals surface area contributed by atoms with Crippen LogP contribution in [0.1, 0.15) is 0 Å². The van der Waals surface area contributed by atoms with Crippen molar-refractivity contribution in [2.45, 2.75) is 0 Å². The molecule has 0 unspecified atom stereocenters. The van der Waals surface area contributed by atoms with Crippen LogP contribution in [0.3, 0.4) is 0 Å². The normalized spacial score (nSPS) is 9.94. The third-order valence-electron chi connectivity index (χ3n) is 1.95. The van der Waals surface area contributed by atoms with E-state index < -0.39 is 4.92 Å². The van der Waals surface area contributed by atoms with Crippen LogP contribution in [0.25, 0.3) is 0 Å². The maximum atomic E-state index is 10.7. The quantitative estimate of drug-likeness (QED) is 0.669. The van der Waals surface area contributed by atoms with Crippen molar-refractivity contribution in [2.24, 2.45) is 0 Å². The van der Waals surface area contributed by atoms with E-state index in [2.05, 4.69) is 15.3 Å². The van der Waals surface area contributed by atoms with Crippen LogP contribution in [0.5, 0.6) is 0 Å². The molecule has 6 nitrogen and oxygen atoms in total. The van der Waals surface area contributed by atoms with Crippen LogP contribution in [0.2, 0.25) is 5.02 Å². The fraction of sp³-hybridized carbons (Fsp3) is 0. The molecule has 0 aliphatic heterocycles. The molecule has 2 rings (SSSR count). The molecule has 0 atom stereocenters. The van der Waals surface area contributed by atoms with E-state index in [1.165, 1.54) is 12.4 Å². The van der Waals surface area contributed by atoms with Crippen molar-refractivity contribution in [3.63, 3.8) is 0 Å². The van der Waals surface area contributed by atoms with Crippen molar-refractivity contribution in [2.75, 3.05) is 5.32 Å². The second kappa shape index (κ2) is 4.75. The lowest BCUT2D eigenvalue weighted by Gasteiger charge is -2.04. The van der Waals surface area contributed by atoms with E-state index in [0.717, 1.165) is 0 Å². The van der Waals surface area contributed by atoms with Gasteiger partial charge in [0.15, 0.2) is 0 Å². The standard InChI is InChI=1S/C10H7ClN4O2/c11-7-3-4-9(13-6-7)14-8-2-1-5-12-10(8)15(16)17/h1-6H,(H,13,14). The van der Waals surface area contributed by atoms with Gasteiger partial charge in [-0.15, -0.1) is 0 Å². The Hall–Kier alpha value is -2.21. The Morgan fingerprint density at radius 2 is 2.12 bits per heavy atom. The summed E-state index contributed by atoms with van der Waals surface area (Å²) in [5.74, 6) is 0.217. The lowest BCUT2D eigenvalue weighted by Crippen LogP contribution is -1.99. The summed E-state index contributed by atoms with van der Waals surface area (Å²) in [5.41, 5.74) is 0.285. The first-order chi connectivity index (χ1) is 8.16. The minimum atomic E-state index is -0.557. The number of hydrogen-bond donors (Lipinski definition) is 1. The van der Waals surface area contributed by atoms with Gasteiger partial charge in [0.2, 0.25) is 0 Å². The minimum absolute atomic E-state index is 0.246. The molecule has 1 N–H and O–H groups in total. The predicted octanol–water partition coefficient (Wildman–Crippen LogP) is 2.78. The monoisotopic (exact) mass is 250 g/mol. The minimum Gasteiger partial charge on any atom is -0.358 e. The summed E-state index contributed by atoms with van der Waals surface area (Å²) in [6.45, 7) is 0. The van der Waals surface area contributed by atoms with Gasteiger partial charge in [0, 0.05) is 6.20 Å². The van der Waals surface area contributed by atoms with E-state index >= 15 is 0 Å². The fourth-order valence-corrected chi connectivity index (χ4v) is 1.34. The lowest BCUT2D eigenvalue weighted by molar-refractivity contribution is -0.388. The molecule has 0 amide bonds. The van der Waals surface area contributed by atoms with Gasteiger partial charge in [-0.1, -0.05) is 11.6 Å². The SMILES string of the molecule is O=[N+]([O-])c1ncccc1Nc1ccc(Cl)cn1. The molecule has 17 heavy (non-hydrogen) atoms. The predicted molar refractivity (Wildman–Crippen MR) is 63.4 cm³/mol. The number of hydrogen-bond acceptors (Lipinski definition) is 5. The lowest BCUT2D eigenvalue weighted by atomic mass is 10.3. The van der Waals surface area contributed by atoms with Crippen molar-refractivity contribution >= 4 is 28.9 Å². The maximum Gasteiger partial charge on any atom is 0.387 e. The van der Waals surface area contributed by atoms with Crippen LogP contribution in [0, 0.1) is 10.1 Å². The summed E-state index contributed by atoms with van der Waals surface area (Å²) in [6, 6.07) is 6.42. The highest BCUT2D eigenvalue weighted by Crippen LogP contribution is 2.23. The zero-order chi connectivity index (χ0) is 12.3. The smallest absolute Gasteiger partial charge is 0.358 e. The van der Waals surface area contributed by atoms with Crippen LogP contribution in [-0.4, -0.2) is 14.9 Å². The Kier molecular flexibility index (Phi) is 3.15. The Balaban J connectivity index is 2.30. The zero-order valence-electron chi connectivity index (χ0n) is 8.50. The molecule has 0 aliphatic rings. The first-order valence-electron chi connectivity index (χ1n) is 4.65. The van der Waals surface area contributed by atoms with Crippen LogP contribution in [0.4, 0.5) is 17.3 Å². The van der Waals surface area contributed by atoms with Crippen LogP contribution < -0.4 is 5.32 Å². The maximum absolute atomic E-state index is 10.7. The van der Waals surface area contributed by atoms with Gasteiger partial charge in [-0.3, -0.25) is 0 Å². The summed E-state index contributed by atoms with van der Waals surface area (Å²) < 4.78 is 0. The second-order valence-electron chi connectivity index (χ2n) is 3.12. The van der Waals surface area contributed by atoms with E-state index in [1.54, 1.807) is 24.3 Å². The largest absolute Gasteiger partial charge is 0.387 e. The first-order valence-corrected chi connectivity index (χ1v) is 5.02. The zero-order valence-corrected chi connectivity index (χ0v) is 9.26. The number of nitrogens with zero attached hydrogens (tertiary/aromatic N) is 3. The molecule has 2 aromatic heterocycles. The van der Waals surface area contributed by atoms with Crippen molar-refractivity contribution in [3.8, 4) is 0 Å². The second-order valence-corrected chi connectivity index (χ2v) is 3.55. The van der Waals surface area contributed by atoms with E-state index in [0.29, 0.717) is 10.8 Å². The van der Waals surface area contributed by atoms with Gasteiger partial charge in [0.25, 0.3) is 0 Å². The van der Waals surface area contributed by atoms with E-state index in [1.807, 2.05) is 0 Å². The average molecular weight is 251 g/mol. The molecular weight excluding hydrogens is 244 g/mol. The number of pyridine rings is 2. The van der Waals surface area contributed by atoms with Gasteiger partial charge in [-0.2, -0.15) is 0 Å². The van der Waals surface area contributed by atoms with Crippen LogP contribution >= 0.6 is 11.6 Å². The molecule has 0 fully saturated rings.